The van der Waals surface area contributed by atoms with Crippen molar-refractivity contribution >= 4 is 29.7 Å². The molecule has 1 aromatic carbocycles. The molecule has 1 aliphatic rings. The van der Waals surface area contributed by atoms with Crippen molar-refractivity contribution in [2.75, 3.05) is 13.6 Å². The molecule has 0 radical (unpaired) electrons. The number of carbonyl (C=O) groups is 2. The fraction of sp³-hybridized carbons (Fsp3) is 0.586. The first kappa shape index (κ1) is 35.7. The SMILES string of the molecule is CC1C=C(CCCC(P(=O)(OCOC(=O)C(C)(C)C)OCOC(=O)C(C)(C)C)S(=O)(=O)O)C=C(Oc2ccccc2)C1. The molecule has 2 unspecified atom stereocenters. The van der Waals surface area contributed by atoms with Gasteiger partial charge in [-0.3, -0.25) is 27.8 Å². The molecule has 42 heavy (non-hydrogen) atoms. The van der Waals surface area contributed by atoms with Crippen LogP contribution in [0, 0.1) is 16.7 Å². The second-order valence-electron chi connectivity index (χ2n) is 12.2. The van der Waals surface area contributed by atoms with E-state index in [2.05, 4.69) is 0 Å². The molecule has 0 saturated heterocycles. The molecule has 0 amide bonds. The van der Waals surface area contributed by atoms with E-state index >= 15 is 0 Å². The van der Waals surface area contributed by atoms with E-state index in [1.807, 2.05) is 49.4 Å². The minimum Gasteiger partial charge on any atom is -0.462 e. The fourth-order valence-electron chi connectivity index (χ4n) is 3.82. The van der Waals surface area contributed by atoms with Crippen LogP contribution in [0.25, 0.3) is 0 Å². The van der Waals surface area contributed by atoms with E-state index in [1.165, 1.54) is 0 Å². The van der Waals surface area contributed by atoms with Crippen molar-refractivity contribution in [3.63, 3.8) is 0 Å². The normalized spacial score (nSPS) is 17.1. The lowest BCUT2D eigenvalue weighted by Crippen LogP contribution is -2.28. The molecule has 236 valence electrons. The van der Waals surface area contributed by atoms with Crippen LogP contribution >= 0.6 is 7.60 Å². The molecule has 1 N–H and O–H groups in total. The van der Waals surface area contributed by atoms with Gasteiger partial charge in [-0.05, 0) is 90.5 Å². The van der Waals surface area contributed by atoms with Crippen LogP contribution in [0.15, 0.2) is 53.8 Å². The smallest absolute Gasteiger partial charge is 0.357 e. The summed E-state index contributed by atoms with van der Waals surface area (Å²) in [6, 6.07) is 9.30. The summed E-state index contributed by atoms with van der Waals surface area (Å²) in [5.74, 6) is 0.203. The van der Waals surface area contributed by atoms with Crippen LogP contribution in [0.5, 0.6) is 5.75 Å². The number of hydrogen-bond acceptors (Lipinski definition) is 10. The van der Waals surface area contributed by atoms with Gasteiger partial charge in [0.15, 0.2) is 4.99 Å². The predicted molar refractivity (Wildman–Crippen MR) is 157 cm³/mol. The Morgan fingerprint density at radius 2 is 1.50 bits per heavy atom. The van der Waals surface area contributed by atoms with Crippen molar-refractivity contribution in [1.82, 2.24) is 0 Å². The number of allylic oxidation sites excluding steroid dienone is 4. The maximum absolute atomic E-state index is 13.8. The van der Waals surface area contributed by atoms with Gasteiger partial charge in [0.1, 0.15) is 11.5 Å². The maximum atomic E-state index is 13.8. The summed E-state index contributed by atoms with van der Waals surface area (Å²) in [7, 11) is -9.76. The van der Waals surface area contributed by atoms with Crippen molar-refractivity contribution in [1.29, 1.82) is 0 Å². The molecule has 1 aromatic rings. The van der Waals surface area contributed by atoms with Gasteiger partial charge in [0.05, 0.1) is 10.8 Å². The summed E-state index contributed by atoms with van der Waals surface area (Å²) in [5, 5.41) is 0. The molecular formula is C29H43O11PS. The van der Waals surface area contributed by atoms with Gasteiger partial charge in [-0.1, -0.05) is 31.2 Å². The second kappa shape index (κ2) is 14.8. The Labute approximate surface area is 248 Å². The summed E-state index contributed by atoms with van der Waals surface area (Å²) in [4.78, 5) is 22.3. The molecule has 2 atom stereocenters. The van der Waals surface area contributed by atoms with Crippen LogP contribution in [0.4, 0.5) is 0 Å². The lowest BCUT2D eigenvalue weighted by atomic mass is 9.94. The van der Waals surface area contributed by atoms with Crippen molar-refractivity contribution in [2.45, 2.75) is 79.1 Å². The van der Waals surface area contributed by atoms with Crippen LogP contribution in [0.3, 0.4) is 0 Å². The Morgan fingerprint density at radius 3 is 1.98 bits per heavy atom. The Bertz CT molecular complexity index is 1250. The highest BCUT2D eigenvalue weighted by molar-refractivity contribution is 7.94. The first-order valence-electron chi connectivity index (χ1n) is 13.6. The minimum atomic E-state index is -5.00. The highest BCUT2D eigenvalue weighted by atomic mass is 32.2. The van der Waals surface area contributed by atoms with Gasteiger partial charge in [0, 0.05) is 6.42 Å². The molecule has 1 aliphatic carbocycles. The second-order valence-corrected chi connectivity index (χ2v) is 16.4. The van der Waals surface area contributed by atoms with Crippen molar-refractivity contribution in [3.8, 4) is 5.75 Å². The molecule has 0 saturated carbocycles. The van der Waals surface area contributed by atoms with E-state index in [1.54, 1.807) is 41.5 Å². The number of carbonyl (C=O) groups excluding carboxylic acids is 2. The third-order valence-corrected chi connectivity index (χ3v) is 10.4. The molecule has 2 rings (SSSR count). The third kappa shape index (κ3) is 11.6. The van der Waals surface area contributed by atoms with Crippen LogP contribution in [0.2, 0.25) is 0 Å². The Balaban J connectivity index is 2.18. The molecule has 0 fully saturated rings. The first-order valence-corrected chi connectivity index (χ1v) is 16.8. The number of ether oxygens (including phenoxy) is 3. The first-order chi connectivity index (χ1) is 19.3. The highest BCUT2D eigenvalue weighted by Gasteiger charge is 2.45. The zero-order valence-corrected chi connectivity index (χ0v) is 27.0. The van der Waals surface area contributed by atoms with Crippen molar-refractivity contribution < 1.29 is 50.4 Å². The molecule has 0 aromatic heterocycles. The zero-order valence-electron chi connectivity index (χ0n) is 25.3. The van der Waals surface area contributed by atoms with Gasteiger partial charge in [-0.15, -0.1) is 0 Å². The number of rotatable bonds is 14. The summed E-state index contributed by atoms with van der Waals surface area (Å²) < 4.78 is 75.1. The highest BCUT2D eigenvalue weighted by Crippen LogP contribution is 2.56. The van der Waals surface area contributed by atoms with Crippen molar-refractivity contribution in [3.05, 3.63) is 53.8 Å². The summed E-state index contributed by atoms with van der Waals surface area (Å²) in [5.41, 5.74) is -0.954. The van der Waals surface area contributed by atoms with Gasteiger partial charge in [-0.2, -0.15) is 8.42 Å². The molecule has 0 aliphatic heterocycles. The topological polar surface area (TPSA) is 152 Å². The monoisotopic (exact) mass is 630 g/mol. The van der Waals surface area contributed by atoms with Crippen molar-refractivity contribution in [2.24, 2.45) is 16.7 Å². The molecule has 13 heteroatoms. The largest absolute Gasteiger partial charge is 0.462 e. The standard InChI is InChI=1S/C29H43O11PS/c1-21-16-22(18-24(17-21)40-23-13-9-8-10-14-23)12-11-15-25(42(33,34)35)41(32,38-19-36-26(30)28(2,3)4)39-20-37-27(31)29(5,6)7/h8-10,13-14,16,18,21,25H,11-12,15,17,19-20H2,1-7H3,(H,33,34,35). The lowest BCUT2D eigenvalue weighted by molar-refractivity contribution is -0.162. The zero-order chi connectivity index (χ0) is 31.8. The quantitative estimate of drug-likeness (QED) is 0.102. The van der Waals surface area contributed by atoms with Gasteiger partial charge >= 0.3 is 19.5 Å². The summed E-state index contributed by atoms with van der Waals surface area (Å²) >= 11 is 0. The number of para-hydroxylation sites is 1. The van der Waals surface area contributed by atoms with E-state index in [9.17, 15) is 27.1 Å². The van der Waals surface area contributed by atoms with Gasteiger partial charge in [0.25, 0.3) is 10.1 Å². The number of esters is 2. The number of benzene rings is 1. The average molecular weight is 631 g/mol. The Hall–Kier alpha value is -2.50. The Kier molecular flexibility index (Phi) is 12.6. The van der Waals surface area contributed by atoms with E-state index in [4.69, 9.17) is 23.3 Å². The predicted octanol–water partition coefficient (Wildman–Crippen LogP) is 6.62. The Morgan fingerprint density at radius 1 is 0.976 bits per heavy atom. The van der Waals surface area contributed by atoms with Gasteiger partial charge in [-0.25, -0.2) is 0 Å². The van der Waals surface area contributed by atoms with E-state index < -0.39 is 59.1 Å². The molecule has 0 heterocycles. The number of hydrogen-bond donors (Lipinski definition) is 1. The van der Waals surface area contributed by atoms with Gasteiger partial charge < -0.3 is 14.2 Å². The molecule has 11 nitrogen and oxygen atoms in total. The molecular weight excluding hydrogens is 587 g/mol. The van der Waals surface area contributed by atoms with E-state index in [0.717, 1.165) is 11.3 Å². The van der Waals surface area contributed by atoms with Crippen LogP contribution in [-0.2, 0) is 42.8 Å². The van der Waals surface area contributed by atoms with E-state index in [-0.39, 0.29) is 18.8 Å². The molecule has 0 bridgehead atoms. The third-order valence-electron chi connectivity index (χ3n) is 6.04. The maximum Gasteiger partial charge on any atom is 0.357 e. The fourth-order valence-corrected chi connectivity index (χ4v) is 7.26. The average Bonchev–Trinajstić information content (AvgIpc) is 2.85. The van der Waals surface area contributed by atoms with Gasteiger partial charge in [0.2, 0.25) is 13.6 Å². The summed E-state index contributed by atoms with van der Waals surface area (Å²) in [6.45, 7) is 9.74. The van der Waals surface area contributed by atoms with Crippen LogP contribution in [0.1, 0.15) is 74.1 Å². The van der Waals surface area contributed by atoms with E-state index in [0.29, 0.717) is 18.6 Å². The van der Waals surface area contributed by atoms with Crippen LogP contribution in [-0.4, -0.2) is 43.5 Å². The summed E-state index contributed by atoms with van der Waals surface area (Å²) in [6.07, 6.45) is 4.80. The molecule has 0 spiro atoms. The lowest BCUT2D eigenvalue weighted by Gasteiger charge is -2.26. The minimum absolute atomic E-state index is 0.161. The van der Waals surface area contributed by atoms with Crippen LogP contribution < -0.4 is 4.74 Å².